The Kier molecular flexibility index (Phi) is 3.65. The quantitative estimate of drug-likeness (QED) is 0.749. The van der Waals surface area contributed by atoms with Gasteiger partial charge in [0.15, 0.2) is 0 Å². The summed E-state index contributed by atoms with van der Waals surface area (Å²) in [6.07, 6.45) is 0. The maximum absolute atomic E-state index is 12.7. The average molecular weight is 274 g/mol. The van der Waals surface area contributed by atoms with E-state index < -0.39 is 17.7 Å². The summed E-state index contributed by atoms with van der Waals surface area (Å²) in [5.74, 6) is -2.02. The van der Waals surface area contributed by atoms with Gasteiger partial charge in [0.1, 0.15) is 5.82 Å². The number of benzene rings is 2. The summed E-state index contributed by atoms with van der Waals surface area (Å²) in [5, 5.41) is 11.4. The Morgan fingerprint density at radius 2 is 1.75 bits per heavy atom. The number of nitrogen functional groups attached to an aromatic ring is 1. The zero-order valence-corrected chi connectivity index (χ0v) is 10.3. The Morgan fingerprint density at radius 3 is 2.30 bits per heavy atom. The van der Waals surface area contributed by atoms with Gasteiger partial charge >= 0.3 is 5.97 Å². The van der Waals surface area contributed by atoms with Crippen molar-refractivity contribution < 1.29 is 19.1 Å². The molecule has 0 atom stereocenters. The predicted octanol–water partition coefficient (Wildman–Crippen LogP) is 2.36. The van der Waals surface area contributed by atoms with Crippen molar-refractivity contribution in [2.24, 2.45) is 0 Å². The minimum Gasteiger partial charge on any atom is -0.478 e. The second kappa shape index (κ2) is 5.40. The van der Waals surface area contributed by atoms with Crippen molar-refractivity contribution in [1.82, 2.24) is 0 Å². The highest BCUT2D eigenvalue weighted by molar-refractivity contribution is 6.06. The number of hydrogen-bond donors (Lipinski definition) is 3. The topological polar surface area (TPSA) is 92.4 Å². The number of carboxylic acids is 1. The first-order valence-electron chi connectivity index (χ1n) is 5.67. The molecule has 4 N–H and O–H groups in total. The van der Waals surface area contributed by atoms with Crippen molar-refractivity contribution in [2.75, 3.05) is 11.1 Å². The van der Waals surface area contributed by atoms with Gasteiger partial charge in [0.2, 0.25) is 0 Å². The molecule has 2 aromatic carbocycles. The lowest BCUT2D eigenvalue weighted by Crippen LogP contribution is -2.13. The van der Waals surface area contributed by atoms with Crippen molar-refractivity contribution in [2.45, 2.75) is 0 Å². The fourth-order valence-corrected chi connectivity index (χ4v) is 1.64. The molecule has 1 amide bonds. The molecule has 0 radical (unpaired) electrons. The zero-order chi connectivity index (χ0) is 14.7. The zero-order valence-electron chi connectivity index (χ0n) is 10.3. The lowest BCUT2D eigenvalue weighted by Gasteiger charge is -2.07. The molecule has 0 saturated carbocycles. The summed E-state index contributed by atoms with van der Waals surface area (Å²) in [6, 6.07) is 9.18. The number of nitrogens with one attached hydrogen (secondary N) is 1. The summed E-state index contributed by atoms with van der Waals surface area (Å²) in [7, 11) is 0. The Labute approximate surface area is 113 Å². The summed E-state index contributed by atoms with van der Waals surface area (Å²) in [5.41, 5.74) is 6.15. The number of anilines is 2. The molecule has 0 spiro atoms. The number of halogens is 1. The number of carbonyl (C=O) groups is 2. The number of aromatic carboxylic acids is 1. The number of nitrogens with two attached hydrogens (primary N) is 1. The molecule has 0 unspecified atom stereocenters. The first-order chi connectivity index (χ1) is 9.47. The van der Waals surface area contributed by atoms with Crippen LogP contribution >= 0.6 is 0 Å². The van der Waals surface area contributed by atoms with Crippen molar-refractivity contribution in [1.29, 1.82) is 0 Å². The number of rotatable bonds is 3. The van der Waals surface area contributed by atoms with Gasteiger partial charge in [0.25, 0.3) is 5.91 Å². The summed E-state index contributed by atoms with van der Waals surface area (Å²) in [6.45, 7) is 0. The molecule has 102 valence electrons. The largest absolute Gasteiger partial charge is 0.478 e. The number of carboxylic acid groups (broad SMARTS) is 1. The normalized spacial score (nSPS) is 10.1. The van der Waals surface area contributed by atoms with Gasteiger partial charge in [-0.05, 0) is 42.5 Å². The molecule has 0 aliphatic rings. The molecule has 20 heavy (non-hydrogen) atoms. The number of amides is 1. The van der Waals surface area contributed by atoms with Crippen LogP contribution in [0.25, 0.3) is 0 Å². The SMILES string of the molecule is Nc1cc(C(=O)Nc2ccc(F)cc2)ccc1C(=O)O. The molecule has 0 aliphatic carbocycles. The molecule has 2 aromatic rings. The smallest absolute Gasteiger partial charge is 0.337 e. The third-order valence-electron chi connectivity index (χ3n) is 2.65. The van der Waals surface area contributed by atoms with E-state index in [2.05, 4.69) is 5.32 Å². The highest BCUT2D eigenvalue weighted by Gasteiger charge is 2.12. The molecule has 0 fully saturated rings. The lowest BCUT2D eigenvalue weighted by molar-refractivity contribution is 0.0697. The summed E-state index contributed by atoms with van der Waals surface area (Å²) < 4.78 is 12.7. The Hall–Kier alpha value is -2.89. The molecule has 0 aromatic heterocycles. The summed E-state index contributed by atoms with van der Waals surface area (Å²) in [4.78, 5) is 22.7. The molecular formula is C14H11FN2O3. The van der Waals surface area contributed by atoms with Crippen molar-refractivity contribution in [3.05, 3.63) is 59.4 Å². The van der Waals surface area contributed by atoms with E-state index in [0.717, 1.165) is 0 Å². The lowest BCUT2D eigenvalue weighted by atomic mass is 10.1. The summed E-state index contributed by atoms with van der Waals surface area (Å²) >= 11 is 0. The molecule has 0 aliphatic heterocycles. The van der Waals surface area contributed by atoms with Crippen LogP contribution in [-0.2, 0) is 0 Å². The van der Waals surface area contributed by atoms with Gasteiger partial charge in [0.05, 0.1) is 5.56 Å². The fourth-order valence-electron chi connectivity index (χ4n) is 1.64. The maximum Gasteiger partial charge on any atom is 0.337 e. The molecule has 0 bridgehead atoms. The molecule has 5 nitrogen and oxygen atoms in total. The van der Waals surface area contributed by atoms with E-state index >= 15 is 0 Å². The van der Waals surface area contributed by atoms with Gasteiger partial charge in [-0.2, -0.15) is 0 Å². The van der Waals surface area contributed by atoms with E-state index in [9.17, 15) is 14.0 Å². The van der Waals surface area contributed by atoms with Crippen LogP contribution in [0.15, 0.2) is 42.5 Å². The average Bonchev–Trinajstić information content (AvgIpc) is 2.40. The monoisotopic (exact) mass is 274 g/mol. The molecule has 0 saturated heterocycles. The second-order valence-electron chi connectivity index (χ2n) is 4.07. The third-order valence-corrected chi connectivity index (χ3v) is 2.65. The van der Waals surface area contributed by atoms with Crippen LogP contribution in [0.3, 0.4) is 0 Å². The molecule has 0 heterocycles. The third kappa shape index (κ3) is 2.92. The van der Waals surface area contributed by atoms with Crippen LogP contribution in [-0.4, -0.2) is 17.0 Å². The van der Waals surface area contributed by atoms with Crippen molar-refractivity contribution in [3.63, 3.8) is 0 Å². The minimum absolute atomic E-state index is 0.00394. The number of carbonyl (C=O) groups excluding carboxylic acids is 1. The van der Waals surface area contributed by atoms with Crippen molar-refractivity contribution >= 4 is 23.3 Å². The molecule has 2 rings (SSSR count). The first-order valence-corrected chi connectivity index (χ1v) is 5.67. The Balaban J connectivity index is 2.19. The Morgan fingerprint density at radius 1 is 1.10 bits per heavy atom. The molecule has 6 heteroatoms. The van der Waals surface area contributed by atoms with Gasteiger partial charge in [-0.1, -0.05) is 0 Å². The second-order valence-corrected chi connectivity index (χ2v) is 4.07. The van der Waals surface area contributed by atoms with Gasteiger partial charge in [-0.15, -0.1) is 0 Å². The van der Waals surface area contributed by atoms with Crippen LogP contribution in [0.2, 0.25) is 0 Å². The van der Waals surface area contributed by atoms with Crippen LogP contribution < -0.4 is 11.1 Å². The van der Waals surface area contributed by atoms with E-state index in [1.807, 2.05) is 0 Å². The van der Waals surface area contributed by atoms with Crippen LogP contribution in [0, 0.1) is 5.82 Å². The van der Waals surface area contributed by atoms with Gasteiger partial charge in [-0.3, -0.25) is 4.79 Å². The van der Waals surface area contributed by atoms with E-state index in [0.29, 0.717) is 5.69 Å². The van der Waals surface area contributed by atoms with E-state index in [4.69, 9.17) is 10.8 Å². The van der Waals surface area contributed by atoms with Crippen molar-refractivity contribution in [3.8, 4) is 0 Å². The van der Waals surface area contributed by atoms with Gasteiger partial charge < -0.3 is 16.2 Å². The highest BCUT2D eigenvalue weighted by Crippen LogP contribution is 2.16. The Bertz CT molecular complexity index is 669. The van der Waals surface area contributed by atoms with E-state index in [1.54, 1.807) is 0 Å². The van der Waals surface area contributed by atoms with Gasteiger partial charge in [0, 0.05) is 16.9 Å². The van der Waals surface area contributed by atoms with Gasteiger partial charge in [-0.25, -0.2) is 9.18 Å². The number of hydrogen-bond acceptors (Lipinski definition) is 3. The standard InChI is InChI=1S/C14H11FN2O3/c15-9-2-4-10(5-3-9)17-13(18)8-1-6-11(14(19)20)12(16)7-8/h1-7H,16H2,(H,17,18)(H,19,20). The highest BCUT2D eigenvalue weighted by atomic mass is 19.1. The van der Waals surface area contributed by atoms with E-state index in [1.165, 1.54) is 42.5 Å². The first kappa shape index (κ1) is 13.5. The predicted molar refractivity (Wildman–Crippen MR) is 72.2 cm³/mol. The van der Waals surface area contributed by atoms with Crippen LogP contribution in [0.4, 0.5) is 15.8 Å². The van der Waals surface area contributed by atoms with Crippen LogP contribution in [0.1, 0.15) is 20.7 Å². The van der Waals surface area contributed by atoms with Crippen LogP contribution in [0.5, 0.6) is 0 Å². The molecular weight excluding hydrogens is 263 g/mol. The fraction of sp³-hybridized carbons (Fsp3) is 0. The van der Waals surface area contributed by atoms with E-state index in [-0.39, 0.29) is 16.8 Å². The maximum atomic E-state index is 12.7. The minimum atomic E-state index is -1.16.